The molecule has 0 aromatic heterocycles. The molecule has 0 saturated heterocycles. The zero-order valence-electron chi connectivity index (χ0n) is 16.3. The molecule has 0 bridgehead atoms. The molecule has 3 rings (SSSR count). The first-order valence-electron chi connectivity index (χ1n) is 9.31. The van der Waals surface area contributed by atoms with Crippen molar-refractivity contribution in [1.82, 2.24) is 0 Å². The largest absolute Gasteiger partial charge is 0.454 e. The quantitative estimate of drug-likeness (QED) is 0.277. The van der Waals surface area contributed by atoms with Crippen LogP contribution in [0.1, 0.15) is 19.8 Å². The third-order valence-electron chi connectivity index (χ3n) is 4.29. The van der Waals surface area contributed by atoms with E-state index in [2.05, 4.69) is 10.6 Å². The number of para-hydroxylation sites is 2. The standard InChI is InChI=1S/C20H21N3O7/c1-13(20(25)22-14-8-9-17-18(11-14)29-12-28-17)30-19(24)7-4-10-21-15-5-2-3-6-16(15)23(26)27/h2-3,5-6,8-9,11,13,21H,4,7,10,12H2,1H3,(H,22,25)/t13-/m1/s1. The van der Waals surface area contributed by atoms with Crippen LogP contribution in [0, 0.1) is 10.1 Å². The van der Waals surface area contributed by atoms with Crippen LogP contribution in [-0.2, 0) is 14.3 Å². The zero-order valence-corrected chi connectivity index (χ0v) is 16.3. The summed E-state index contributed by atoms with van der Waals surface area (Å²) in [5, 5.41) is 16.6. The molecule has 1 heterocycles. The summed E-state index contributed by atoms with van der Waals surface area (Å²) in [5.74, 6) is 0.124. The lowest BCUT2D eigenvalue weighted by Crippen LogP contribution is -2.30. The highest BCUT2D eigenvalue weighted by atomic mass is 16.7. The molecule has 2 aromatic rings. The summed E-state index contributed by atoms with van der Waals surface area (Å²) in [5.41, 5.74) is 0.849. The van der Waals surface area contributed by atoms with Gasteiger partial charge in [-0.3, -0.25) is 19.7 Å². The van der Waals surface area contributed by atoms with E-state index >= 15 is 0 Å². The van der Waals surface area contributed by atoms with Crippen LogP contribution in [0.4, 0.5) is 17.1 Å². The number of carbonyl (C=O) groups is 2. The van der Waals surface area contributed by atoms with Crippen LogP contribution in [-0.4, -0.2) is 36.2 Å². The van der Waals surface area contributed by atoms with E-state index in [4.69, 9.17) is 14.2 Å². The molecule has 0 aliphatic carbocycles. The van der Waals surface area contributed by atoms with Crippen LogP contribution in [0.2, 0.25) is 0 Å². The summed E-state index contributed by atoms with van der Waals surface area (Å²) >= 11 is 0. The molecule has 1 amide bonds. The molecule has 2 aromatic carbocycles. The van der Waals surface area contributed by atoms with Gasteiger partial charge in [0.1, 0.15) is 5.69 Å². The van der Waals surface area contributed by atoms with Crippen molar-refractivity contribution >= 4 is 28.9 Å². The first-order chi connectivity index (χ1) is 14.4. The van der Waals surface area contributed by atoms with Gasteiger partial charge in [0.2, 0.25) is 6.79 Å². The van der Waals surface area contributed by atoms with Gasteiger partial charge in [0, 0.05) is 30.8 Å². The van der Waals surface area contributed by atoms with Gasteiger partial charge >= 0.3 is 5.97 Å². The van der Waals surface area contributed by atoms with E-state index in [0.717, 1.165) is 0 Å². The molecule has 0 saturated carbocycles. The van der Waals surface area contributed by atoms with Crippen LogP contribution in [0.25, 0.3) is 0 Å². The van der Waals surface area contributed by atoms with Crippen LogP contribution < -0.4 is 20.1 Å². The Morgan fingerprint density at radius 2 is 1.97 bits per heavy atom. The molecule has 0 fully saturated rings. The summed E-state index contributed by atoms with van der Waals surface area (Å²) in [6.07, 6.45) is -0.525. The van der Waals surface area contributed by atoms with Crippen molar-refractivity contribution in [2.75, 3.05) is 24.0 Å². The molecule has 2 N–H and O–H groups in total. The van der Waals surface area contributed by atoms with E-state index < -0.39 is 22.9 Å². The molecule has 0 radical (unpaired) electrons. The minimum absolute atomic E-state index is 0.0334. The minimum atomic E-state index is -0.980. The molecule has 0 unspecified atom stereocenters. The lowest BCUT2D eigenvalue weighted by molar-refractivity contribution is -0.384. The van der Waals surface area contributed by atoms with Crippen molar-refractivity contribution in [2.24, 2.45) is 0 Å². The fourth-order valence-electron chi connectivity index (χ4n) is 2.77. The van der Waals surface area contributed by atoms with Gasteiger partial charge in [-0.1, -0.05) is 12.1 Å². The van der Waals surface area contributed by atoms with Crippen molar-refractivity contribution in [1.29, 1.82) is 0 Å². The van der Waals surface area contributed by atoms with Gasteiger partial charge in [0.25, 0.3) is 11.6 Å². The van der Waals surface area contributed by atoms with Gasteiger partial charge in [-0.2, -0.15) is 0 Å². The number of esters is 1. The number of ether oxygens (including phenoxy) is 3. The molecule has 10 heteroatoms. The second-order valence-corrected chi connectivity index (χ2v) is 6.49. The topological polar surface area (TPSA) is 129 Å². The number of hydrogen-bond acceptors (Lipinski definition) is 8. The third-order valence-corrected chi connectivity index (χ3v) is 4.29. The Hall–Kier alpha value is -3.82. The Kier molecular flexibility index (Phi) is 6.68. The van der Waals surface area contributed by atoms with Gasteiger partial charge in [0.05, 0.1) is 4.92 Å². The number of nitro groups is 1. The van der Waals surface area contributed by atoms with Gasteiger partial charge in [-0.25, -0.2) is 0 Å². The smallest absolute Gasteiger partial charge is 0.306 e. The molecule has 1 atom stereocenters. The van der Waals surface area contributed by atoms with E-state index in [1.54, 1.807) is 36.4 Å². The molecule has 158 valence electrons. The average molecular weight is 415 g/mol. The lowest BCUT2D eigenvalue weighted by atomic mass is 10.2. The number of amides is 1. The second-order valence-electron chi connectivity index (χ2n) is 6.49. The van der Waals surface area contributed by atoms with Crippen LogP contribution in [0.15, 0.2) is 42.5 Å². The Labute approximate surface area is 172 Å². The Bertz CT molecular complexity index is 948. The number of nitro benzene ring substituents is 1. The number of hydrogen-bond donors (Lipinski definition) is 2. The fraction of sp³-hybridized carbons (Fsp3) is 0.300. The van der Waals surface area contributed by atoms with E-state index in [9.17, 15) is 19.7 Å². The Balaban J connectivity index is 1.40. The van der Waals surface area contributed by atoms with Crippen molar-refractivity contribution < 1.29 is 28.7 Å². The number of carbonyl (C=O) groups excluding carboxylic acids is 2. The molecule has 0 spiro atoms. The summed E-state index contributed by atoms with van der Waals surface area (Å²) in [7, 11) is 0. The third kappa shape index (κ3) is 5.37. The van der Waals surface area contributed by atoms with Gasteiger partial charge < -0.3 is 24.8 Å². The van der Waals surface area contributed by atoms with E-state index in [0.29, 0.717) is 35.8 Å². The summed E-state index contributed by atoms with van der Waals surface area (Å²) in [4.78, 5) is 34.7. The summed E-state index contributed by atoms with van der Waals surface area (Å²) in [6.45, 7) is 1.96. The predicted octanol–water partition coefficient (Wildman–Crippen LogP) is 3.09. The predicted molar refractivity (Wildman–Crippen MR) is 108 cm³/mol. The number of rotatable bonds is 9. The second kappa shape index (κ2) is 9.59. The number of benzene rings is 2. The van der Waals surface area contributed by atoms with Gasteiger partial charge in [-0.05, 0) is 31.5 Å². The Morgan fingerprint density at radius 1 is 1.20 bits per heavy atom. The highest BCUT2D eigenvalue weighted by molar-refractivity contribution is 5.95. The zero-order chi connectivity index (χ0) is 21.5. The SMILES string of the molecule is C[C@@H](OC(=O)CCCNc1ccccc1[N+](=O)[O-])C(=O)Nc1ccc2c(c1)OCO2. The van der Waals surface area contributed by atoms with Crippen LogP contribution in [0.3, 0.4) is 0 Å². The molecule has 30 heavy (non-hydrogen) atoms. The number of nitrogens with zero attached hydrogens (tertiary/aromatic N) is 1. The van der Waals surface area contributed by atoms with Crippen molar-refractivity contribution in [3.8, 4) is 11.5 Å². The lowest BCUT2D eigenvalue weighted by Gasteiger charge is -2.14. The molecular formula is C20H21N3O7. The van der Waals surface area contributed by atoms with E-state index in [1.165, 1.54) is 13.0 Å². The van der Waals surface area contributed by atoms with E-state index in [1.807, 2.05) is 0 Å². The van der Waals surface area contributed by atoms with Crippen molar-refractivity contribution in [3.05, 3.63) is 52.6 Å². The van der Waals surface area contributed by atoms with Crippen molar-refractivity contribution in [2.45, 2.75) is 25.9 Å². The maximum Gasteiger partial charge on any atom is 0.306 e. The molecule has 1 aliphatic rings. The molecule has 10 nitrogen and oxygen atoms in total. The maximum absolute atomic E-state index is 12.2. The number of nitrogens with one attached hydrogen (secondary N) is 2. The minimum Gasteiger partial charge on any atom is -0.454 e. The molecule has 1 aliphatic heterocycles. The number of anilines is 2. The summed E-state index contributed by atoms with van der Waals surface area (Å²) < 4.78 is 15.6. The monoisotopic (exact) mass is 415 g/mol. The fourth-order valence-corrected chi connectivity index (χ4v) is 2.77. The maximum atomic E-state index is 12.2. The summed E-state index contributed by atoms with van der Waals surface area (Å²) in [6, 6.07) is 11.2. The normalized spacial score (nSPS) is 12.7. The van der Waals surface area contributed by atoms with Crippen molar-refractivity contribution in [3.63, 3.8) is 0 Å². The highest BCUT2D eigenvalue weighted by Crippen LogP contribution is 2.34. The Morgan fingerprint density at radius 3 is 2.77 bits per heavy atom. The first-order valence-corrected chi connectivity index (χ1v) is 9.31. The average Bonchev–Trinajstić information content (AvgIpc) is 3.19. The van der Waals surface area contributed by atoms with E-state index in [-0.39, 0.29) is 18.9 Å². The van der Waals surface area contributed by atoms with Crippen LogP contribution >= 0.6 is 0 Å². The first kappa shape index (κ1) is 20.9. The number of fused-ring (bicyclic) bond motifs is 1. The van der Waals surface area contributed by atoms with Gasteiger partial charge in [-0.15, -0.1) is 0 Å². The highest BCUT2D eigenvalue weighted by Gasteiger charge is 2.20. The van der Waals surface area contributed by atoms with Crippen LogP contribution in [0.5, 0.6) is 11.5 Å². The molecular weight excluding hydrogens is 394 g/mol. The van der Waals surface area contributed by atoms with Gasteiger partial charge in [0.15, 0.2) is 17.6 Å².